The van der Waals surface area contributed by atoms with Crippen molar-refractivity contribution in [2.45, 2.75) is 25.7 Å². The molecule has 24 heavy (non-hydrogen) atoms. The van der Waals surface area contributed by atoms with Gasteiger partial charge in [-0.15, -0.1) is 0 Å². The van der Waals surface area contributed by atoms with Gasteiger partial charge in [-0.25, -0.2) is 0 Å². The van der Waals surface area contributed by atoms with Crippen molar-refractivity contribution < 1.29 is 24.2 Å². The Kier molecular flexibility index (Phi) is 6.43. The van der Waals surface area contributed by atoms with Crippen molar-refractivity contribution >= 4 is 29.4 Å². The zero-order chi connectivity index (χ0) is 17.5. The lowest BCUT2D eigenvalue weighted by Crippen LogP contribution is -2.49. The smallest absolute Gasteiger partial charge is 0.307 e. The predicted octanol–water partition coefficient (Wildman–Crippen LogP) is 1.76. The van der Waals surface area contributed by atoms with Gasteiger partial charge in [0.2, 0.25) is 5.91 Å². The summed E-state index contributed by atoms with van der Waals surface area (Å²) < 4.78 is 5.24. The molecule has 1 aliphatic rings. The van der Waals surface area contributed by atoms with Gasteiger partial charge >= 0.3 is 5.97 Å². The molecule has 0 aromatic heterocycles. The fourth-order valence-electron chi connectivity index (χ4n) is 2.68. The van der Waals surface area contributed by atoms with Crippen molar-refractivity contribution in [2.24, 2.45) is 11.8 Å². The van der Waals surface area contributed by atoms with Crippen molar-refractivity contribution in [3.05, 3.63) is 29.3 Å². The second kappa shape index (κ2) is 8.54. The maximum atomic E-state index is 12.1. The maximum absolute atomic E-state index is 12.1. The van der Waals surface area contributed by atoms with Crippen LogP contribution in [-0.2, 0) is 14.4 Å². The molecular formula is C16H19ClN2O5. The molecule has 1 saturated carbocycles. The van der Waals surface area contributed by atoms with Crippen molar-refractivity contribution in [3.8, 4) is 5.75 Å². The van der Waals surface area contributed by atoms with E-state index in [0.717, 1.165) is 12.8 Å². The molecule has 1 aromatic carbocycles. The second-order valence-electron chi connectivity index (χ2n) is 5.62. The van der Waals surface area contributed by atoms with Crippen LogP contribution in [0.1, 0.15) is 25.7 Å². The molecule has 0 heterocycles. The summed E-state index contributed by atoms with van der Waals surface area (Å²) in [4.78, 5) is 35.0. The van der Waals surface area contributed by atoms with Crippen LogP contribution in [0.4, 0.5) is 0 Å². The van der Waals surface area contributed by atoms with E-state index in [9.17, 15) is 14.4 Å². The Balaban J connectivity index is 1.77. The molecule has 0 bridgehead atoms. The second-order valence-corrected chi connectivity index (χ2v) is 6.05. The third-order valence-corrected chi connectivity index (χ3v) is 4.18. The standard InChI is InChI=1S/C16H19ClN2O5/c17-10-5-7-11(8-6-10)24-9-14(20)18-19-15(21)12-3-1-2-4-13(12)16(22)23/h5-8,12-13H,1-4,9H2,(H,18,20)(H,19,21)(H,22,23)/t12-,13+/m0/s1. The van der Waals surface area contributed by atoms with Crippen molar-refractivity contribution in [2.75, 3.05) is 6.61 Å². The summed E-state index contributed by atoms with van der Waals surface area (Å²) in [5.41, 5.74) is 4.52. The van der Waals surface area contributed by atoms with E-state index >= 15 is 0 Å². The fourth-order valence-corrected chi connectivity index (χ4v) is 2.81. The molecule has 8 heteroatoms. The van der Waals surface area contributed by atoms with E-state index in [0.29, 0.717) is 23.6 Å². The van der Waals surface area contributed by atoms with Gasteiger partial charge in [-0.1, -0.05) is 24.4 Å². The van der Waals surface area contributed by atoms with Gasteiger partial charge in [-0.2, -0.15) is 0 Å². The zero-order valence-electron chi connectivity index (χ0n) is 13.0. The number of ether oxygens (including phenoxy) is 1. The molecule has 3 N–H and O–H groups in total. The minimum atomic E-state index is -0.979. The predicted molar refractivity (Wildman–Crippen MR) is 86.3 cm³/mol. The SMILES string of the molecule is O=C(COc1ccc(Cl)cc1)NNC(=O)[C@H]1CCCC[C@H]1C(=O)O. The quantitative estimate of drug-likeness (QED) is 0.699. The normalized spacial score (nSPS) is 20.0. The fraction of sp³-hybridized carbons (Fsp3) is 0.438. The van der Waals surface area contributed by atoms with Crippen LogP contribution in [0.15, 0.2) is 24.3 Å². The Morgan fingerprint density at radius 1 is 1.08 bits per heavy atom. The molecule has 2 rings (SSSR count). The Bertz CT molecular complexity index is 605. The van der Waals surface area contributed by atoms with Crippen LogP contribution in [0.3, 0.4) is 0 Å². The number of hydrazine groups is 1. The van der Waals surface area contributed by atoms with Gasteiger partial charge in [0.05, 0.1) is 11.8 Å². The molecule has 130 valence electrons. The highest BCUT2D eigenvalue weighted by Gasteiger charge is 2.35. The third-order valence-electron chi connectivity index (χ3n) is 3.93. The highest BCUT2D eigenvalue weighted by Crippen LogP contribution is 2.30. The van der Waals surface area contributed by atoms with E-state index in [1.165, 1.54) is 0 Å². The first-order chi connectivity index (χ1) is 11.5. The third kappa shape index (κ3) is 5.13. The number of carbonyl (C=O) groups excluding carboxylic acids is 2. The summed E-state index contributed by atoms with van der Waals surface area (Å²) >= 11 is 5.74. The highest BCUT2D eigenvalue weighted by atomic mass is 35.5. The lowest BCUT2D eigenvalue weighted by Gasteiger charge is -2.27. The summed E-state index contributed by atoms with van der Waals surface area (Å²) in [5.74, 6) is -2.87. The number of aliphatic carboxylic acids is 1. The number of carboxylic acids is 1. The summed E-state index contributed by atoms with van der Waals surface area (Å²) in [6.45, 7) is -0.283. The highest BCUT2D eigenvalue weighted by molar-refractivity contribution is 6.30. The summed E-state index contributed by atoms with van der Waals surface area (Å²) in [6, 6.07) is 6.50. The van der Waals surface area contributed by atoms with E-state index in [-0.39, 0.29) is 6.61 Å². The lowest BCUT2D eigenvalue weighted by molar-refractivity contribution is -0.149. The van der Waals surface area contributed by atoms with Gasteiger partial charge < -0.3 is 9.84 Å². The topological polar surface area (TPSA) is 105 Å². The van der Waals surface area contributed by atoms with Crippen LogP contribution in [0.2, 0.25) is 5.02 Å². The minimum Gasteiger partial charge on any atom is -0.484 e. The summed E-state index contributed by atoms with van der Waals surface area (Å²) in [5, 5.41) is 9.72. The Morgan fingerprint density at radius 3 is 2.33 bits per heavy atom. The molecule has 2 atom stereocenters. The molecule has 0 saturated heterocycles. The zero-order valence-corrected chi connectivity index (χ0v) is 13.7. The number of benzene rings is 1. The van der Waals surface area contributed by atoms with Gasteiger partial charge in [0.25, 0.3) is 5.91 Å². The van der Waals surface area contributed by atoms with E-state index < -0.39 is 29.6 Å². The molecule has 0 spiro atoms. The van der Waals surface area contributed by atoms with Gasteiger partial charge in [-0.3, -0.25) is 25.2 Å². The van der Waals surface area contributed by atoms with Crippen LogP contribution < -0.4 is 15.6 Å². The Morgan fingerprint density at radius 2 is 1.71 bits per heavy atom. The average Bonchev–Trinajstić information content (AvgIpc) is 2.59. The Labute approximate surface area is 144 Å². The van der Waals surface area contributed by atoms with Gasteiger partial charge in [0, 0.05) is 5.02 Å². The number of amides is 2. The molecule has 2 amide bonds. The number of halogens is 1. The molecule has 1 aromatic rings. The summed E-state index contributed by atoms with van der Waals surface area (Å²) in [7, 11) is 0. The number of hydrogen-bond acceptors (Lipinski definition) is 4. The summed E-state index contributed by atoms with van der Waals surface area (Å²) in [6.07, 6.45) is 2.57. The molecule has 0 radical (unpaired) electrons. The van der Waals surface area contributed by atoms with Crippen molar-refractivity contribution in [1.29, 1.82) is 0 Å². The lowest BCUT2D eigenvalue weighted by atomic mass is 9.79. The minimum absolute atomic E-state index is 0.283. The van der Waals surface area contributed by atoms with Crippen LogP contribution in [-0.4, -0.2) is 29.5 Å². The van der Waals surface area contributed by atoms with Crippen molar-refractivity contribution in [3.63, 3.8) is 0 Å². The first kappa shape index (κ1) is 18.1. The molecule has 0 unspecified atom stereocenters. The number of nitrogens with one attached hydrogen (secondary N) is 2. The van der Waals surface area contributed by atoms with Crippen LogP contribution >= 0.6 is 11.6 Å². The number of hydrogen-bond donors (Lipinski definition) is 3. The molecule has 0 aliphatic heterocycles. The first-order valence-electron chi connectivity index (χ1n) is 7.67. The van der Waals surface area contributed by atoms with E-state index in [4.69, 9.17) is 21.4 Å². The molecular weight excluding hydrogens is 336 g/mol. The van der Waals surface area contributed by atoms with Gasteiger partial charge in [0.1, 0.15) is 5.75 Å². The molecule has 1 fully saturated rings. The van der Waals surface area contributed by atoms with Crippen LogP contribution in [0.5, 0.6) is 5.75 Å². The maximum Gasteiger partial charge on any atom is 0.307 e. The number of carbonyl (C=O) groups is 3. The van der Waals surface area contributed by atoms with Gasteiger partial charge in [-0.05, 0) is 37.1 Å². The van der Waals surface area contributed by atoms with Crippen molar-refractivity contribution in [1.82, 2.24) is 10.9 Å². The van der Waals surface area contributed by atoms with Gasteiger partial charge in [0.15, 0.2) is 6.61 Å². The monoisotopic (exact) mass is 354 g/mol. The van der Waals surface area contributed by atoms with E-state index in [1.54, 1.807) is 24.3 Å². The number of carboxylic acid groups (broad SMARTS) is 1. The Hall–Kier alpha value is -2.28. The van der Waals surface area contributed by atoms with Crippen LogP contribution in [0, 0.1) is 11.8 Å². The largest absolute Gasteiger partial charge is 0.484 e. The van der Waals surface area contributed by atoms with E-state index in [1.807, 2.05) is 0 Å². The van der Waals surface area contributed by atoms with E-state index in [2.05, 4.69) is 10.9 Å². The average molecular weight is 355 g/mol. The first-order valence-corrected chi connectivity index (χ1v) is 8.05. The molecule has 1 aliphatic carbocycles. The van der Waals surface area contributed by atoms with Crippen LogP contribution in [0.25, 0.3) is 0 Å². The molecule has 7 nitrogen and oxygen atoms in total. The number of rotatable bonds is 5.